The molecule has 0 aliphatic heterocycles. The fraction of sp³-hybridized carbons (Fsp3) is 0.708. The Morgan fingerprint density at radius 3 is 2.08 bits per heavy atom. The molecule has 1 rings (SSSR count). The number of Topliss-reactive ketones (excluding diaryl/α,β-unsaturated/α-hetero) is 1. The Balaban J connectivity index is 2.67. The number of aromatic hydroxyl groups is 1. The molecule has 0 radical (unpaired) electrons. The van der Waals surface area contributed by atoms with Gasteiger partial charge in [0.05, 0.1) is 5.56 Å². The number of rotatable bonds is 11. The monoisotopic (exact) mass is 360 g/mol. The molecule has 0 fully saturated rings. The summed E-state index contributed by atoms with van der Waals surface area (Å²) in [6.07, 6.45) is 9.92. The highest BCUT2D eigenvalue weighted by molar-refractivity contribution is 5.98. The van der Waals surface area contributed by atoms with Gasteiger partial charge in [-0.15, -0.1) is 0 Å². The van der Waals surface area contributed by atoms with Gasteiger partial charge in [-0.25, -0.2) is 0 Å². The molecule has 2 heteroatoms. The Hall–Kier alpha value is -1.31. The Morgan fingerprint density at radius 2 is 1.50 bits per heavy atom. The third kappa shape index (κ3) is 7.93. The summed E-state index contributed by atoms with van der Waals surface area (Å²) in [7, 11) is 0. The summed E-state index contributed by atoms with van der Waals surface area (Å²) in [6, 6.07) is 5.58. The van der Waals surface area contributed by atoms with Gasteiger partial charge in [-0.3, -0.25) is 4.79 Å². The Labute approximate surface area is 161 Å². The van der Waals surface area contributed by atoms with Crippen molar-refractivity contribution in [2.45, 2.75) is 105 Å². The van der Waals surface area contributed by atoms with Gasteiger partial charge in [0, 0.05) is 6.42 Å². The van der Waals surface area contributed by atoms with Crippen molar-refractivity contribution in [3.8, 4) is 5.75 Å². The van der Waals surface area contributed by atoms with Crippen LogP contribution in [0.25, 0.3) is 0 Å². The number of carbonyl (C=O) groups is 1. The van der Waals surface area contributed by atoms with E-state index in [1.165, 1.54) is 32.1 Å². The first kappa shape index (κ1) is 22.7. The van der Waals surface area contributed by atoms with E-state index in [0.717, 1.165) is 24.8 Å². The van der Waals surface area contributed by atoms with Crippen molar-refractivity contribution in [2.24, 2.45) is 5.41 Å². The predicted octanol–water partition coefficient (Wildman–Crippen LogP) is 7.43. The topological polar surface area (TPSA) is 37.3 Å². The van der Waals surface area contributed by atoms with Gasteiger partial charge in [-0.05, 0) is 41.4 Å². The summed E-state index contributed by atoms with van der Waals surface area (Å²) in [5.74, 6) is 0.192. The van der Waals surface area contributed by atoms with Crippen LogP contribution in [0.4, 0.5) is 0 Å². The number of phenols is 1. The lowest BCUT2D eigenvalue weighted by Gasteiger charge is -2.33. The van der Waals surface area contributed by atoms with Crippen LogP contribution in [0.1, 0.15) is 115 Å². The Morgan fingerprint density at radius 1 is 0.923 bits per heavy atom. The minimum Gasteiger partial charge on any atom is -0.507 e. The third-order valence-electron chi connectivity index (χ3n) is 5.06. The maximum absolute atomic E-state index is 12.6. The zero-order valence-corrected chi connectivity index (χ0v) is 18.0. The molecule has 2 nitrogen and oxygen atoms in total. The average molecular weight is 361 g/mol. The molecule has 1 aromatic carbocycles. The van der Waals surface area contributed by atoms with Gasteiger partial charge in [0.15, 0.2) is 5.78 Å². The van der Waals surface area contributed by atoms with Crippen molar-refractivity contribution in [2.75, 3.05) is 0 Å². The number of ketones is 1. The number of phenolic OH excluding ortho intramolecular Hbond substituents is 1. The Kier molecular flexibility index (Phi) is 8.86. The molecular weight excluding hydrogens is 320 g/mol. The zero-order chi connectivity index (χ0) is 19.8. The largest absolute Gasteiger partial charge is 0.507 e. The molecule has 0 aliphatic rings. The summed E-state index contributed by atoms with van der Waals surface area (Å²) in [5, 5.41) is 10.2. The average Bonchev–Trinajstić information content (AvgIpc) is 2.51. The molecule has 0 heterocycles. The summed E-state index contributed by atoms with van der Waals surface area (Å²) < 4.78 is 0. The van der Waals surface area contributed by atoms with Crippen LogP contribution < -0.4 is 0 Å². The first-order chi connectivity index (χ1) is 12.1. The summed E-state index contributed by atoms with van der Waals surface area (Å²) >= 11 is 0. The number of benzene rings is 1. The van der Waals surface area contributed by atoms with Crippen molar-refractivity contribution >= 4 is 5.78 Å². The number of hydrogen-bond acceptors (Lipinski definition) is 2. The molecule has 0 unspecified atom stereocenters. The number of carbonyl (C=O) groups excluding carboxylic acids is 1. The lowest BCUT2D eigenvalue weighted by molar-refractivity contribution is 0.0976. The van der Waals surface area contributed by atoms with Crippen LogP contribution in [-0.2, 0) is 5.41 Å². The molecule has 0 aromatic heterocycles. The second kappa shape index (κ2) is 10.1. The quantitative estimate of drug-likeness (QED) is 0.329. The molecular formula is C24H40O2. The summed E-state index contributed by atoms with van der Waals surface area (Å²) in [5.41, 5.74) is 1.81. The molecule has 0 atom stereocenters. The summed E-state index contributed by atoms with van der Waals surface area (Å²) in [6.45, 7) is 13.4. The van der Waals surface area contributed by atoms with Crippen molar-refractivity contribution in [3.05, 3.63) is 29.3 Å². The van der Waals surface area contributed by atoms with Crippen LogP contribution in [0.5, 0.6) is 5.75 Å². The SMILES string of the molecule is CCCCCCCCCC(=O)c1cc(C(C)(C)CC(C)(C)C)ccc1O. The van der Waals surface area contributed by atoms with Crippen LogP contribution in [0.15, 0.2) is 18.2 Å². The van der Waals surface area contributed by atoms with Crippen LogP contribution in [0.3, 0.4) is 0 Å². The predicted molar refractivity (Wildman–Crippen MR) is 112 cm³/mol. The molecule has 26 heavy (non-hydrogen) atoms. The number of unbranched alkanes of at least 4 members (excludes halogenated alkanes) is 6. The highest BCUT2D eigenvalue weighted by Crippen LogP contribution is 2.37. The van der Waals surface area contributed by atoms with E-state index in [2.05, 4.69) is 41.5 Å². The van der Waals surface area contributed by atoms with E-state index in [0.29, 0.717) is 12.0 Å². The normalized spacial score (nSPS) is 12.4. The van der Waals surface area contributed by atoms with Crippen LogP contribution in [0, 0.1) is 5.41 Å². The van der Waals surface area contributed by atoms with Crippen LogP contribution >= 0.6 is 0 Å². The van der Waals surface area contributed by atoms with E-state index in [4.69, 9.17) is 0 Å². The van der Waals surface area contributed by atoms with Gasteiger partial charge in [0.25, 0.3) is 0 Å². The summed E-state index contributed by atoms with van der Waals surface area (Å²) in [4.78, 5) is 12.6. The van der Waals surface area contributed by atoms with Crippen LogP contribution in [0.2, 0.25) is 0 Å². The van der Waals surface area contributed by atoms with Gasteiger partial charge in [-0.1, -0.05) is 86.1 Å². The second-order valence-corrected chi connectivity index (χ2v) is 9.65. The fourth-order valence-corrected chi connectivity index (χ4v) is 3.99. The molecule has 0 amide bonds. The van der Waals surface area contributed by atoms with Gasteiger partial charge in [-0.2, -0.15) is 0 Å². The maximum Gasteiger partial charge on any atom is 0.166 e. The first-order valence-electron chi connectivity index (χ1n) is 10.4. The molecule has 1 aromatic rings. The molecule has 148 valence electrons. The van der Waals surface area contributed by atoms with Gasteiger partial charge in [0.1, 0.15) is 5.75 Å². The van der Waals surface area contributed by atoms with E-state index >= 15 is 0 Å². The molecule has 0 spiro atoms. The van der Waals surface area contributed by atoms with Crippen LogP contribution in [-0.4, -0.2) is 10.9 Å². The van der Waals surface area contributed by atoms with E-state index < -0.39 is 0 Å². The molecule has 0 saturated heterocycles. The molecule has 0 saturated carbocycles. The first-order valence-corrected chi connectivity index (χ1v) is 10.4. The number of hydrogen-bond donors (Lipinski definition) is 1. The van der Waals surface area contributed by atoms with Crippen molar-refractivity contribution < 1.29 is 9.90 Å². The van der Waals surface area contributed by atoms with Gasteiger partial charge in [0.2, 0.25) is 0 Å². The standard InChI is InChI=1S/C24H40O2/c1-7-8-9-10-11-12-13-14-21(25)20-17-19(15-16-22(20)26)24(5,6)18-23(2,3)4/h15-17,26H,7-14,18H2,1-6H3. The molecule has 0 bridgehead atoms. The Bertz CT molecular complexity index is 564. The van der Waals surface area contributed by atoms with Crippen molar-refractivity contribution in [3.63, 3.8) is 0 Å². The zero-order valence-electron chi connectivity index (χ0n) is 18.0. The van der Waals surface area contributed by atoms with E-state index in [1.54, 1.807) is 6.07 Å². The second-order valence-electron chi connectivity index (χ2n) is 9.65. The highest BCUT2D eigenvalue weighted by Gasteiger charge is 2.28. The van der Waals surface area contributed by atoms with E-state index in [-0.39, 0.29) is 22.4 Å². The fourth-order valence-electron chi connectivity index (χ4n) is 3.99. The minimum atomic E-state index is -0.0275. The highest BCUT2D eigenvalue weighted by atomic mass is 16.3. The van der Waals surface area contributed by atoms with Gasteiger partial charge < -0.3 is 5.11 Å². The van der Waals surface area contributed by atoms with Crippen molar-refractivity contribution in [1.82, 2.24) is 0 Å². The van der Waals surface area contributed by atoms with Crippen molar-refractivity contribution in [1.29, 1.82) is 0 Å². The van der Waals surface area contributed by atoms with E-state index in [9.17, 15) is 9.90 Å². The minimum absolute atomic E-state index is 0.0275. The third-order valence-corrected chi connectivity index (χ3v) is 5.06. The molecule has 1 N–H and O–H groups in total. The lowest BCUT2D eigenvalue weighted by Crippen LogP contribution is -2.25. The lowest BCUT2D eigenvalue weighted by atomic mass is 9.72. The smallest absolute Gasteiger partial charge is 0.166 e. The van der Waals surface area contributed by atoms with E-state index in [1.807, 2.05) is 12.1 Å². The van der Waals surface area contributed by atoms with Gasteiger partial charge >= 0.3 is 0 Å². The maximum atomic E-state index is 12.6. The molecule has 0 aliphatic carbocycles.